The third-order valence-corrected chi connectivity index (χ3v) is 3.81. The minimum absolute atomic E-state index is 0.616. The number of rotatable bonds is 1. The van der Waals surface area contributed by atoms with E-state index in [4.69, 9.17) is 0 Å². The third kappa shape index (κ3) is 2.05. The fourth-order valence-corrected chi connectivity index (χ4v) is 2.81. The molecule has 3 heteroatoms. The van der Waals surface area contributed by atoms with Gasteiger partial charge < -0.3 is 10.0 Å². The van der Waals surface area contributed by atoms with Crippen LogP contribution in [0.4, 0.5) is 5.69 Å². The summed E-state index contributed by atoms with van der Waals surface area (Å²) < 4.78 is 0. The Balaban J connectivity index is 2.14. The lowest BCUT2D eigenvalue weighted by Crippen LogP contribution is -2.29. The minimum Gasteiger partial charge on any atom is -0.388 e. The fraction of sp³-hybridized carbons (Fsp3) is 0.312. The van der Waals surface area contributed by atoms with Crippen LogP contribution in [-0.4, -0.2) is 23.8 Å². The van der Waals surface area contributed by atoms with Crippen LogP contribution in [0.3, 0.4) is 0 Å². The van der Waals surface area contributed by atoms with Crippen LogP contribution < -0.4 is 4.90 Å². The first kappa shape index (κ1) is 12.0. The molecule has 1 heterocycles. The molecule has 19 heavy (non-hydrogen) atoms. The average Bonchev–Trinajstić information content (AvgIpc) is 2.77. The zero-order valence-electron chi connectivity index (χ0n) is 10.9. The van der Waals surface area contributed by atoms with Crippen molar-refractivity contribution in [3.63, 3.8) is 0 Å². The van der Waals surface area contributed by atoms with E-state index in [-0.39, 0.29) is 0 Å². The molecule has 2 aromatic carbocycles. The van der Waals surface area contributed by atoms with Crippen molar-refractivity contribution in [3.8, 4) is 6.07 Å². The molecular weight excluding hydrogens is 236 g/mol. The molecule has 1 atom stereocenters. The van der Waals surface area contributed by atoms with Gasteiger partial charge in [-0.05, 0) is 25.5 Å². The van der Waals surface area contributed by atoms with Crippen molar-refractivity contribution in [1.82, 2.24) is 0 Å². The second-order valence-electron chi connectivity index (χ2n) is 5.46. The summed E-state index contributed by atoms with van der Waals surface area (Å²) in [5.41, 5.74) is 1.19. The van der Waals surface area contributed by atoms with Crippen LogP contribution in [0.5, 0.6) is 0 Å². The normalized spacial score (nSPS) is 22.7. The van der Waals surface area contributed by atoms with E-state index in [0.717, 1.165) is 29.4 Å². The van der Waals surface area contributed by atoms with Gasteiger partial charge in [0.1, 0.15) is 0 Å². The highest BCUT2D eigenvalue weighted by atomic mass is 16.3. The molecular formula is C16H16N2O. The number of nitrogens with zero attached hydrogens (tertiary/aromatic N) is 2. The number of hydrogen-bond acceptors (Lipinski definition) is 3. The highest BCUT2D eigenvalue weighted by Gasteiger charge is 2.32. The van der Waals surface area contributed by atoms with Crippen molar-refractivity contribution in [2.75, 3.05) is 18.0 Å². The average molecular weight is 252 g/mol. The summed E-state index contributed by atoms with van der Waals surface area (Å²) in [6.07, 6.45) is 0.779. The first-order chi connectivity index (χ1) is 9.11. The molecule has 0 amide bonds. The number of fused-ring (bicyclic) bond motifs is 1. The van der Waals surface area contributed by atoms with Gasteiger partial charge in [0, 0.05) is 29.5 Å². The van der Waals surface area contributed by atoms with E-state index in [0.29, 0.717) is 12.1 Å². The number of hydrogen-bond donors (Lipinski definition) is 1. The standard InChI is InChI=1S/C16H16N2O/c1-16(19)8-9-18(11-16)15-7-6-12(10-17)13-4-2-3-5-14(13)15/h2-7,19H,8-9,11H2,1H3. The maximum absolute atomic E-state index is 10.1. The minimum atomic E-state index is -0.616. The molecule has 1 N–H and O–H groups in total. The van der Waals surface area contributed by atoms with E-state index in [2.05, 4.69) is 11.0 Å². The number of benzene rings is 2. The van der Waals surface area contributed by atoms with Crippen LogP contribution in [0.15, 0.2) is 36.4 Å². The summed E-state index contributed by atoms with van der Waals surface area (Å²) in [7, 11) is 0. The van der Waals surface area contributed by atoms with E-state index >= 15 is 0 Å². The Labute approximate surface area is 112 Å². The Bertz CT molecular complexity index is 670. The Morgan fingerprint density at radius 2 is 1.95 bits per heavy atom. The zero-order valence-corrected chi connectivity index (χ0v) is 10.9. The predicted octanol–water partition coefficient (Wildman–Crippen LogP) is 2.67. The molecule has 0 saturated carbocycles. The summed E-state index contributed by atoms with van der Waals surface area (Å²) in [4.78, 5) is 2.20. The number of nitriles is 1. The Morgan fingerprint density at radius 1 is 1.21 bits per heavy atom. The molecule has 1 unspecified atom stereocenters. The fourth-order valence-electron chi connectivity index (χ4n) is 2.81. The summed E-state index contributed by atoms with van der Waals surface area (Å²) in [5.74, 6) is 0. The van der Waals surface area contributed by atoms with Gasteiger partial charge in [-0.2, -0.15) is 5.26 Å². The highest BCUT2D eigenvalue weighted by Crippen LogP contribution is 2.33. The van der Waals surface area contributed by atoms with Gasteiger partial charge in [-0.25, -0.2) is 0 Å². The lowest BCUT2D eigenvalue weighted by Gasteiger charge is -2.22. The van der Waals surface area contributed by atoms with Gasteiger partial charge in [-0.3, -0.25) is 0 Å². The SMILES string of the molecule is CC1(O)CCN(c2ccc(C#N)c3ccccc23)C1. The maximum Gasteiger partial charge on any atom is 0.0998 e. The number of anilines is 1. The highest BCUT2D eigenvalue weighted by molar-refractivity contribution is 5.97. The monoisotopic (exact) mass is 252 g/mol. The number of β-amino-alcohol motifs (C(OH)–C–C–N with tert-alkyl or cyclic N) is 1. The smallest absolute Gasteiger partial charge is 0.0998 e. The van der Waals surface area contributed by atoms with E-state index < -0.39 is 5.60 Å². The van der Waals surface area contributed by atoms with Gasteiger partial charge in [0.15, 0.2) is 0 Å². The molecule has 1 saturated heterocycles. The van der Waals surface area contributed by atoms with Crippen LogP contribution in [0.25, 0.3) is 10.8 Å². The van der Waals surface area contributed by atoms with Gasteiger partial charge in [0.25, 0.3) is 0 Å². The molecule has 0 radical (unpaired) electrons. The molecule has 2 aromatic rings. The maximum atomic E-state index is 10.1. The van der Waals surface area contributed by atoms with Crippen LogP contribution in [0.2, 0.25) is 0 Å². The van der Waals surface area contributed by atoms with Crippen molar-refractivity contribution in [1.29, 1.82) is 5.26 Å². The summed E-state index contributed by atoms with van der Waals surface area (Å²) in [6, 6.07) is 14.0. The summed E-state index contributed by atoms with van der Waals surface area (Å²) >= 11 is 0. The molecule has 3 rings (SSSR count). The molecule has 3 nitrogen and oxygen atoms in total. The third-order valence-electron chi connectivity index (χ3n) is 3.81. The molecule has 0 bridgehead atoms. The van der Waals surface area contributed by atoms with Gasteiger partial charge >= 0.3 is 0 Å². The van der Waals surface area contributed by atoms with Crippen molar-refractivity contribution in [2.24, 2.45) is 0 Å². The summed E-state index contributed by atoms with van der Waals surface area (Å²) in [5, 5.41) is 21.3. The molecule has 1 fully saturated rings. The largest absolute Gasteiger partial charge is 0.388 e. The predicted molar refractivity (Wildman–Crippen MR) is 76.1 cm³/mol. The lowest BCUT2D eigenvalue weighted by molar-refractivity contribution is 0.0839. The van der Waals surface area contributed by atoms with Crippen LogP contribution >= 0.6 is 0 Å². The molecule has 96 valence electrons. The van der Waals surface area contributed by atoms with Crippen molar-refractivity contribution >= 4 is 16.5 Å². The van der Waals surface area contributed by atoms with Gasteiger partial charge in [0.05, 0.1) is 17.2 Å². The Morgan fingerprint density at radius 3 is 2.58 bits per heavy atom. The first-order valence-electron chi connectivity index (χ1n) is 6.50. The molecule has 0 aromatic heterocycles. The van der Waals surface area contributed by atoms with Crippen molar-refractivity contribution in [2.45, 2.75) is 18.9 Å². The second kappa shape index (κ2) is 4.25. The molecule has 0 aliphatic carbocycles. The van der Waals surface area contributed by atoms with E-state index in [1.165, 1.54) is 0 Å². The number of aliphatic hydroxyl groups is 1. The van der Waals surface area contributed by atoms with Crippen molar-refractivity contribution < 1.29 is 5.11 Å². The topological polar surface area (TPSA) is 47.3 Å². The zero-order chi connectivity index (χ0) is 13.5. The van der Waals surface area contributed by atoms with Crippen LogP contribution in [0, 0.1) is 11.3 Å². The van der Waals surface area contributed by atoms with E-state index in [1.54, 1.807) is 0 Å². The molecule has 1 aliphatic rings. The quantitative estimate of drug-likeness (QED) is 0.848. The second-order valence-corrected chi connectivity index (χ2v) is 5.46. The van der Waals surface area contributed by atoms with Crippen LogP contribution in [0.1, 0.15) is 18.9 Å². The molecule has 1 aliphatic heterocycles. The van der Waals surface area contributed by atoms with Gasteiger partial charge in [-0.1, -0.05) is 24.3 Å². The molecule has 0 spiro atoms. The Hall–Kier alpha value is -2.05. The van der Waals surface area contributed by atoms with Gasteiger partial charge in [0.2, 0.25) is 0 Å². The van der Waals surface area contributed by atoms with E-state index in [9.17, 15) is 10.4 Å². The Kier molecular flexibility index (Phi) is 2.69. The van der Waals surface area contributed by atoms with Gasteiger partial charge in [-0.15, -0.1) is 0 Å². The van der Waals surface area contributed by atoms with E-state index in [1.807, 2.05) is 43.3 Å². The van der Waals surface area contributed by atoms with Crippen LogP contribution in [-0.2, 0) is 0 Å². The lowest BCUT2D eigenvalue weighted by atomic mass is 10.0. The van der Waals surface area contributed by atoms with Crippen molar-refractivity contribution in [3.05, 3.63) is 42.0 Å². The summed E-state index contributed by atoms with van der Waals surface area (Å²) in [6.45, 7) is 3.37. The first-order valence-corrected chi connectivity index (χ1v) is 6.50.